The number of carbonyl (C=O) groups is 1. The first-order chi connectivity index (χ1) is 15.2. The Morgan fingerprint density at radius 1 is 1.23 bits per heavy atom. The van der Waals surface area contributed by atoms with E-state index < -0.39 is 5.97 Å². The van der Waals surface area contributed by atoms with Gasteiger partial charge < -0.3 is 4.74 Å². The van der Waals surface area contributed by atoms with Crippen molar-refractivity contribution >= 4 is 12.0 Å². The van der Waals surface area contributed by atoms with Crippen LogP contribution in [0.1, 0.15) is 47.4 Å². The SMILES string of the molecule is COC(=O)C(=Cc1cccc2c1CC[C@H]1[C@@H]2CCCN1Cc1ccccc1)CN=[N+]=[N-]. The largest absolute Gasteiger partial charge is 0.466 e. The molecule has 0 radical (unpaired) electrons. The van der Waals surface area contributed by atoms with Gasteiger partial charge in [-0.05, 0) is 72.0 Å². The van der Waals surface area contributed by atoms with Gasteiger partial charge in [0.25, 0.3) is 0 Å². The van der Waals surface area contributed by atoms with E-state index in [1.54, 1.807) is 0 Å². The van der Waals surface area contributed by atoms with Crippen LogP contribution in [0.15, 0.2) is 59.2 Å². The molecular weight excluding hydrogens is 388 g/mol. The molecule has 2 aromatic rings. The smallest absolute Gasteiger partial charge is 0.333 e. The van der Waals surface area contributed by atoms with Crippen molar-refractivity contribution in [1.29, 1.82) is 0 Å². The first kappa shape index (κ1) is 21.2. The molecule has 2 aromatic carbocycles. The molecule has 0 bridgehead atoms. The van der Waals surface area contributed by atoms with E-state index in [0.717, 1.165) is 31.5 Å². The Labute approximate surface area is 183 Å². The summed E-state index contributed by atoms with van der Waals surface area (Å²) in [5.74, 6) is 0.0543. The average Bonchev–Trinajstić information content (AvgIpc) is 2.82. The lowest BCUT2D eigenvalue weighted by Gasteiger charge is -2.45. The molecule has 1 aliphatic heterocycles. The highest BCUT2D eigenvalue weighted by Gasteiger charge is 2.36. The van der Waals surface area contributed by atoms with Crippen molar-refractivity contribution in [3.05, 3.63) is 86.8 Å². The molecule has 0 saturated carbocycles. The molecule has 1 fully saturated rings. The number of hydrogen-bond donors (Lipinski definition) is 0. The highest BCUT2D eigenvalue weighted by molar-refractivity contribution is 5.94. The number of piperidine rings is 1. The third kappa shape index (κ3) is 4.66. The highest BCUT2D eigenvalue weighted by atomic mass is 16.5. The minimum Gasteiger partial charge on any atom is -0.466 e. The number of hydrogen-bond acceptors (Lipinski definition) is 4. The lowest BCUT2D eigenvalue weighted by atomic mass is 9.73. The summed E-state index contributed by atoms with van der Waals surface area (Å²) >= 11 is 0. The van der Waals surface area contributed by atoms with Crippen LogP contribution in [0.2, 0.25) is 0 Å². The van der Waals surface area contributed by atoms with E-state index in [2.05, 4.69) is 57.4 Å². The number of benzene rings is 2. The average molecular weight is 417 g/mol. The van der Waals surface area contributed by atoms with Gasteiger partial charge in [-0.25, -0.2) is 4.79 Å². The Hall–Kier alpha value is -3.08. The zero-order chi connectivity index (χ0) is 21.6. The van der Waals surface area contributed by atoms with Crippen LogP contribution in [0, 0.1) is 0 Å². The van der Waals surface area contributed by atoms with Crippen LogP contribution in [0.3, 0.4) is 0 Å². The molecule has 0 aromatic heterocycles. The van der Waals surface area contributed by atoms with E-state index in [9.17, 15) is 4.79 Å². The van der Waals surface area contributed by atoms with E-state index in [1.807, 2.05) is 12.1 Å². The standard InChI is InChI=1S/C25H28N4O2/c1-31-25(30)20(16-27-28-26)15-19-9-5-10-22-21(19)12-13-24-23(22)11-6-14-29(24)17-18-7-3-2-4-8-18/h2-5,7-10,15,23-24H,6,11-14,16-17H2,1H3/t23-,24+/m1/s1. The normalized spacial score (nSPS) is 20.9. The van der Waals surface area contributed by atoms with Crippen molar-refractivity contribution in [2.45, 2.75) is 44.2 Å². The van der Waals surface area contributed by atoms with Crippen LogP contribution in [0.5, 0.6) is 0 Å². The molecule has 6 heteroatoms. The van der Waals surface area contributed by atoms with Crippen LogP contribution < -0.4 is 0 Å². The van der Waals surface area contributed by atoms with Crippen molar-refractivity contribution in [2.75, 3.05) is 20.2 Å². The van der Waals surface area contributed by atoms with E-state index >= 15 is 0 Å². The molecule has 160 valence electrons. The monoisotopic (exact) mass is 416 g/mol. The molecule has 1 saturated heterocycles. The zero-order valence-electron chi connectivity index (χ0n) is 17.9. The Morgan fingerprint density at radius 2 is 2.06 bits per heavy atom. The van der Waals surface area contributed by atoms with Crippen LogP contribution in [-0.4, -0.2) is 37.1 Å². The highest BCUT2D eigenvalue weighted by Crippen LogP contribution is 2.42. The molecule has 0 spiro atoms. The van der Waals surface area contributed by atoms with Crippen LogP contribution in [0.25, 0.3) is 16.5 Å². The van der Waals surface area contributed by atoms with Crippen LogP contribution in [0.4, 0.5) is 0 Å². The number of fused-ring (bicyclic) bond motifs is 3. The molecule has 4 rings (SSSR count). The Balaban J connectivity index is 1.63. The van der Waals surface area contributed by atoms with Crippen molar-refractivity contribution in [1.82, 2.24) is 4.90 Å². The van der Waals surface area contributed by atoms with Crippen molar-refractivity contribution in [2.24, 2.45) is 5.11 Å². The minimum atomic E-state index is -0.453. The van der Waals surface area contributed by atoms with Crippen molar-refractivity contribution in [3.8, 4) is 0 Å². The summed E-state index contributed by atoms with van der Waals surface area (Å²) in [6.45, 7) is 2.13. The Morgan fingerprint density at radius 3 is 2.84 bits per heavy atom. The summed E-state index contributed by atoms with van der Waals surface area (Å²) in [6, 6.07) is 17.6. The number of carbonyl (C=O) groups excluding carboxylic acids is 1. The summed E-state index contributed by atoms with van der Waals surface area (Å²) in [6.07, 6.45) is 6.31. The Bertz CT molecular complexity index is 1010. The molecule has 2 aliphatic rings. The van der Waals surface area contributed by atoms with Gasteiger partial charge in [-0.2, -0.15) is 0 Å². The van der Waals surface area contributed by atoms with Crippen molar-refractivity contribution in [3.63, 3.8) is 0 Å². The molecule has 1 aliphatic carbocycles. The predicted molar refractivity (Wildman–Crippen MR) is 121 cm³/mol. The molecule has 31 heavy (non-hydrogen) atoms. The third-order valence-corrected chi connectivity index (χ3v) is 6.54. The summed E-state index contributed by atoms with van der Waals surface area (Å²) in [5.41, 5.74) is 14.2. The predicted octanol–water partition coefficient (Wildman–Crippen LogP) is 5.25. The fourth-order valence-electron chi connectivity index (χ4n) is 5.17. The van der Waals surface area contributed by atoms with Crippen LogP contribution >= 0.6 is 0 Å². The minimum absolute atomic E-state index is 0.0102. The van der Waals surface area contributed by atoms with E-state index in [-0.39, 0.29) is 6.54 Å². The molecule has 0 unspecified atom stereocenters. The number of nitrogens with zero attached hydrogens (tertiary/aromatic N) is 4. The zero-order valence-corrected chi connectivity index (χ0v) is 17.9. The molecular formula is C25H28N4O2. The van der Waals surface area contributed by atoms with Gasteiger partial charge in [0, 0.05) is 23.1 Å². The molecule has 6 nitrogen and oxygen atoms in total. The van der Waals surface area contributed by atoms with Gasteiger partial charge in [0.15, 0.2) is 0 Å². The molecule has 1 heterocycles. The van der Waals surface area contributed by atoms with Gasteiger partial charge in [0.05, 0.1) is 13.7 Å². The van der Waals surface area contributed by atoms with E-state index in [0.29, 0.717) is 17.5 Å². The number of azide groups is 1. The Kier molecular flexibility index (Phi) is 6.70. The second kappa shape index (κ2) is 9.82. The number of methoxy groups -OCH3 is 1. The lowest BCUT2D eigenvalue weighted by Crippen LogP contribution is -2.45. The second-order valence-corrected chi connectivity index (χ2v) is 8.28. The molecule has 0 amide bonds. The summed E-state index contributed by atoms with van der Waals surface area (Å²) in [5, 5.41) is 3.57. The number of rotatable bonds is 6. The first-order valence-corrected chi connectivity index (χ1v) is 10.9. The third-order valence-electron chi connectivity index (χ3n) is 6.54. The van der Waals surface area contributed by atoms with Gasteiger partial charge in [-0.15, -0.1) is 0 Å². The van der Waals surface area contributed by atoms with E-state index in [1.165, 1.54) is 36.6 Å². The van der Waals surface area contributed by atoms with Gasteiger partial charge in [0.1, 0.15) is 0 Å². The van der Waals surface area contributed by atoms with Gasteiger partial charge in [0.2, 0.25) is 0 Å². The maximum absolute atomic E-state index is 12.2. The maximum atomic E-state index is 12.2. The number of esters is 1. The second-order valence-electron chi connectivity index (χ2n) is 8.28. The number of ether oxygens (including phenoxy) is 1. The fourth-order valence-corrected chi connectivity index (χ4v) is 5.17. The molecule has 2 atom stereocenters. The topological polar surface area (TPSA) is 78.3 Å². The summed E-state index contributed by atoms with van der Waals surface area (Å²) in [7, 11) is 1.35. The van der Waals surface area contributed by atoms with E-state index in [4.69, 9.17) is 10.3 Å². The van der Waals surface area contributed by atoms with Gasteiger partial charge in [-0.1, -0.05) is 53.6 Å². The number of likely N-dealkylation sites (tertiary alicyclic amines) is 1. The summed E-state index contributed by atoms with van der Waals surface area (Å²) in [4.78, 5) is 17.6. The van der Waals surface area contributed by atoms with Gasteiger partial charge in [-0.3, -0.25) is 4.90 Å². The molecule has 0 N–H and O–H groups in total. The van der Waals surface area contributed by atoms with Crippen molar-refractivity contribution < 1.29 is 9.53 Å². The lowest BCUT2D eigenvalue weighted by molar-refractivity contribution is -0.136. The van der Waals surface area contributed by atoms with Gasteiger partial charge >= 0.3 is 5.97 Å². The first-order valence-electron chi connectivity index (χ1n) is 10.9. The summed E-state index contributed by atoms with van der Waals surface area (Å²) < 4.78 is 4.89. The maximum Gasteiger partial charge on any atom is 0.333 e. The fraction of sp³-hybridized carbons (Fsp3) is 0.400. The van der Waals surface area contributed by atoms with Crippen LogP contribution in [-0.2, 0) is 22.5 Å². The quantitative estimate of drug-likeness (QED) is 0.212.